The van der Waals surface area contributed by atoms with Gasteiger partial charge in [-0.25, -0.2) is 9.07 Å². The number of hydrogen-bond acceptors (Lipinski definition) is 5. The van der Waals surface area contributed by atoms with Crippen molar-refractivity contribution in [3.8, 4) is 0 Å². The van der Waals surface area contributed by atoms with Crippen LogP contribution in [0, 0.1) is 5.82 Å². The number of anilines is 2. The third kappa shape index (κ3) is 3.46. The first-order valence-corrected chi connectivity index (χ1v) is 9.57. The average Bonchev–Trinajstić information content (AvgIpc) is 2.94. The van der Waals surface area contributed by atoms with Crippen LogP contribution in [0.25, 0.3) is 11.0 Å². The van der Waals surface area contributed by atoms with Gasteiger partial charge in [-0.3, -0.25) is 9.78 Å². The molecular weight excluding hydrogens is 359 g/mol. The number of nitrogens with one attached hydrogen (secondary N) is 1. The van der Waals surface area contributed by atoms with Gasteiger partial charge in [0.05, 0.1) is 11.7 Å². The molecular formula is C20H25FN6O. The highest BCUT2D eigenvalue weighted by molar-refractivity contribution is 5.74. The highest BCUT2D eigenvalue weighted by Crippen LogP contribution is 2.21. The highest BCUT2D eigenvalue weighted by Gasteiger charge is 2.22. The molecule has 0 amide bonds. The summed E-state index contributed by atoms with van der Waals surface area (Å²) < 4.78 is 15.0. The molecule has 7 nitrogen and oxygen atoms in total. The molecule has 3 aromatic rings. The first-order chi connectivity index (χ1) is 13.3. The SMILES string of the molecule is CC(C)(C)n1ncc2c(=O)[nH]c(N3CCCN(c4ccc(F)cc4)CC3)nc21. The minimum atomic E-state index is -0.266. The fraction of sp³-hybridized carbons (Fsp3) is 0.450. The van der Waals surface area contributed by atoms with Gasteiger partial charge in [0.1, 0.15) is 11.2 Å². The van der Waals surface area contributed by atoms with E-state index in [0.29, 0.717) is 17.0 Å². The number of aromatic amines is 1. The molecule has 0 atom stereocenters. The molecule has 4 rings (SSSR count). The molecule has 8 heteroatoms. The van der Waals surface area contributed by atoms with Crippen LogP contribution < -0.4 is 15.4 Å². The van der Waals surface area contributed by atoms with Gasteiger partial charge in [0.25, 0.3) is 5.56 Å². The van der Waals surface area contributed by atoms with Crippen LogP contribution in [0.4, 0.5) is 16.0 Å². The second-order valence-corrected chi connectivity index (χ2v) is 8.16. The van der Waals surface area contributed by atoms with E-state index >= 15 is 0 Å². The topological polar surface area (TPSA) is 70.1 Å². The predicted molar refractivity (Wildman–Crippen MR) is 109 cm³/mol. The summed E-state index contributed by atoms with van der Waals surface area (Å²) >= 11 is 0. The number of aromatic nitrogens is 4. The largest absolute Gasteiger partial charge is 0.370 e. The number of nitrogens with zero attached hydrogens (tertiary/aromatic N) is 5. The van der Waals surface area contributed by atoms with E-state index in [9.17, 15) is 9.18 Å². The minimum absolute atomic E-state index is 0.171. The maximum absolute atomic E-state index is 13.2. The van der Waals surface area contributed by atoms with E-state index in [4.69, 9.17) is 4.98 Å². The van der Waals surface area contributed by atoms with Crippen molar-refractivity contribution in [3.05, 3.63) is 46.6 Å². The Hall–Kier alpha value is -2.90. The first kappa shape index (κ1) is 18.5. The highest BCUT2D eigenvalue weighted by atomic mass is 19.1. The fourth-order valence-corrected chi connectivity index (χ4v) is 3.59. The molecule has 1 aliphatic rings. The van der Waals surface area contributed by atoms with Crippen molar-refractivity contribution < 1.29 is 4.39 Å². The molecule has 28 heavy (non-hydrogen) atoms. The van der Waals surface area contributed by atoms with Crippen LogP contribution in [0.1, 0.15) is 27.2 Å². The second kappa shape index (κ2) is 6.92. The summed E-state index contributed by atoms with van der Waals surface area (Å²) in [6, 6.07) is 6.58. The molecule has 0 unspecified atom stereocenters. The van der Waals surface area contributed by atoms with E-state index < -0.39 is 0 Å². The van der Waals surface area contributed by atoms with Crippen LogP contribution in [0.5, 0.6) is 0 Å². The maximum Gasteiger partial charge on any atom is 0.263 e. The molecule has 0 saturated carbocycles. The van der Waals surface area contributed by atoms with Crippen molar-refractivity contribution in [1.82, 2.24) is 19.7 Å². The Morgan fingerprint density at radius 3 is 2.43 bits per heavy atom. The van der Waals surface area contributed by atoms with Crippen molar-refractivity contribution in [2.24, 2.45) is 0 Å². The smallest absolute Gasteiger partial charge is 0.263 e. The minimum Gasteiger partial charge on any atom is -0.370 e. The monoisotopic (exact) mass is 384 g/mol. The van der Waals surface area contributed by atoms with Crippen LogP contribution in [-0.2, 0) is 5.54 Å². The van der Waals surface area contributed by atoms with Crippen molar-refractivity contribution in [2.75, 3.05) is 36.0 Å². The van der Waals surface area contributed by atoms with E-state index in [1.54, 1.807) is 23.0 Å². The lowest BCUT2D eigenvalue weighted by Crippen LogP contribution is -2.33. The quantitative estimate of drug-likeness (QED) is 0.736. The summed E-state index contributed by atoms with van der Waals surface area (Å²) in [6.45, 7) is 9.25. The predicted octanol–water partition coefficient (Wildman–Crippen LogP) is 2.73. The molecule has 0 aliphatic carbocycles. The van der Waals surface area contributed by atoms with Crippen LogP contribution in [0.15, 0.2) is 35.3 Å². The fourth-order valence-electron chi connectivity index (χ4n) is 3.59. The molecule has 148 valence electrons. The summed E-state index contributed by atoms with van der Waals surface area (Å²) in [4.78, 5) is 24.6. The zero-order valence-corrected chi connectivity index (χ0v) is 16.4. The summed E-state index contributed by atoms with van der Waals surface area (Å²) in [5.41, 5.74) is 1.17. The van der Waals surface area contributed by atoms with Gasteiger partial charge in [-0.2, -0.15) is 10.1 Å². The summed E-state index contributed by atoms with van der Waals surface area (Å²) in [7, 11) is 0. The molecule has 0 spiro atoms. The molecule has 3 heterocycles. The molecule has 1 saturated heterocycles. The summed E-state index contributed by atoms with van der Waals surface area (Å²) in [6.07, 6.45) is 2.49. The van der Waals surface area contributed by atoms with Crippen LogP contribution in [-0.4, -0.2) is 45.9 Å². The molecule has 0 radical (unpaired) electrons. The van der Waals surface area contributed by atoms with Gasteiger partial charge in [-0.05, 0) is 51.5 Å². The Balaban J connectivity index is 1.61. The Bertz CT molecular complexity index is 1030. The third-order valence-electron chi connectivity index (χ3n) is 5.05. The van der Waals surface area contributed by atoms with Crippen LogP contribution in [0.2, 0.25) is 0 Å². The molecule has 1 fully saturated rings. The van der Waals surface area contributed by atoms with Crippen molar-refractivity contribution in [1.29, 1.82) is 0 Å². The molecule has 1 aliphatic heterocycles. The van der Waals surface area contributed by atoms with Crippen molar-refractivity contribution in [3.63, 3.8) is 0 Å². The van der Waals surface area contributed by atoms with Crippen LogP contribution >= 0.6 is 0 Å². The average molecular weight is 384 g/mol. The number of fused-ring (bicyclic) bond motifs is 1. The number of halogens is 1. The number of H-pyrrole nitrogens is 1. The Labute approximate surface area is 162 Å². The molecule has 1 N–H and O–H groups in total. The molecule has 2 aromatic heterocycles. The van der Waals surface area contributed by atoms with Gasteiger partial charge in [-0.15, -0.1) is 0 Å². The summed E-state index contributed by atoms with van der Waals surface area (Å²) in [5, 5.41) is 4.87. The Morgan fingerprint density at radius 2 is 1.71 bits per heavy atom. The first-order valence-electron chi connectivity index (χ1n) is 9.57. The second-order valence-electron chi connectivity index (χ2n) is 8.16. The normalized spacial score (nSPS) is 15.9. The van der Waals surface area contributed by atoms with Crippen molar-refractivity contribution >= 4 is 22.7 Å². The number of hydrogen-bond donors (Lipinski definition) is 1. The van der Waals surface area contributed by atoms with Gasteiger partial charge in [0.15, 0.2) is 5.65 Å². The number of benzene rings is 1. The Morgan fingerprint density at radius 1 is 1.04 bits per heavy atom. The van der Waals surface area contributed by atoms with Gasteiger partial charge in [0.2, 0.25) is 5.95 Å². The van der Waals surface area contributed by atoms with E-state index in [-0.39, 0.29) is 16.9 Å². The van der Waals surface area contributed by atoms with Crippen LogP contribution in [0.3, 0.4) is 0 Å². The zero-order chi connectivity index (χ0) is 19.9. The molecule has 1 aromatic carbocycles. The van der Waals surface area contributed by atoms with E-state index in [1.807, 2.05) is 20.8 Å². The lowest BCUT2D eigenvalue weighted by molar-refractivity contribution is 0.366. The van der Waals surface area contributed by atoms with Gasteiger partial charge in [-0.1, -0.05) is 0 Å². The van der Waals surface area contributed by atoms with Gasteiger partial charge in [0, 0.05) is 31.9 Å². The lowest BCUT2D eigenvalue weighted by Gasteiger charge is -2.24. The zero-order valence-electron chi connectivity index (χ0n) is 16.4. The Kier molecular flexibility index (Phi) is 4.56. The molecule has 0 bridgehead atoms. The van der Waals surface area contributed by atoms with Gasteiger partial charge >= 0.3 is 0 Å². The maximum atomic E-state index is 13.2. The lowest BCUT2D eigenvalue weighted by atomic mass is 10.1. The van der Waals surface area contributed by atoms with Gasteiger partial charge < -0.3 is 9.80 Å². The van der Waals surface area contributed by atoms with Crippen molar-refractivity contribution in [2.45, 2.75) is 32.7 Å². The van der Waals surface area contributed by atoms with E-state index in [0.717, 1.165) is 38.3 Å². The standard InChI is InChI=1S/C20H25FN6O/c1-20(2,3)27-17-16(13-22-27)18(28)24-19(23-17)26-10-4-9-25(11-12-26)15-7-5-14(21)6-8-15/h5-8,13H,4,9-12H2,1-3H3,(H,23,24,28). The summed E-state index contributed by atoms with van der Waals surface area (Å²) in [5.74, 6) is 0.343. The van der Waals surface area contributed by atoms with E-state index in [1.165, 1.54) is 12.1 Å². The number of rotatable bonds is 2. The van der Waals surface area contributed by atoms with E-state index in [2.05, 4.69) is 19.9 Å². The third-order valence-corrected chi connectivity index (χ3v) is 5.05.